The molecule has 2 N–H and O–H groups in total. The maximum absolute atomic E-state index is 2.12. The molecule has 0 fully saturated rings. The highest BCUT2D eigenvalue weighted by molar-refractivity contribution is 5.02. The Morgan fingerprint density at radius 3 is 1.50 bits per heavy atom. The standard InChI is InChI=1S/C3H4.H2O/c1-2-3-1;/h1-2H,3H2;1H2. The molecule has 0 radical (unpaired) electrons. The molecule has 0 bridgehead atoms. The van der Waals surface area contributed by atoms with E-state index in [-0.39, 0.29) is 5.48 Å². The van der Waals surface area contributed by atoms with Crippen LogP contribution in [0.25, 0.3) is 0 Å². The number of allylic oxidation sites excluding steroid dienone is 2. The van der Waals surface area contributed by atoms with Crippen molar-refractivity contribution in [3.63, 3.8) is 0 Å². The zero-order valence-corrected chi connectivity index (χ0v) is 2.36. The van der Waals surface area contributed by atoms with Gasteiger partial charge in [-0.1, -0.05) is 12.2 Å². The van der Waals surface area contributed by atoms with Crippen LogP contribution in [0.15, 0.2) is 12.2 Å². The average molecular weight is 58.1 g/mol. The molecule has 0 atom stereocenters. The second-order valence-corrected chi connectivity index (χ2v) is 0.707. The van der Waals surface area contributed by atoms with Gasteiger partial charge in [-0.2, -0.15) is 0 Å². The van der Waals surface area contributed by atoms with E-state index in [1.54, 1.807) is 0 Å². The quantitative estimate of drug-likeness (QED) is 0.354. The summed E-state index contributed by atoms with van der Waals surface area (Å²) >= 11 is 0. The molecule has 0 aromatic heterocycles. The Morgan fingerprint density at radius 2 is 1.50 bits per heavy atom. The van der Waals surface area contributed by atoms with Gasteiger partial charge in [0.2, 0.25) is 0 Å². The van der Waals surface area contributed by atoms with E-state index in [4.69, 9.17) is 0 Å². The van der Waals surface area contributed by atoms with Crippen LogP contribution >= 0.6 is 0 Å². The van der Waals surface area contributed by atoms with Gasteiger partial charge in [0.05, 0.1) is 0 Å². The van der Waals surface area contributed by atoms with E-state index in [9.17, 15) is 0 Å². The summed E-state index contributed by atoms with van der Waals surface area (Å²) in [5, 5.41) is 0. The minimum atomic E-state index is 0. The summed E-state index contributed by atoms with van der Waals surface area (Å²) in [6.45, 7) is 0. The molecule has 24 valence electrons. The Hall–Kier alpha value is -0.300. The minimum Gasteiger partial charge on any atom is -0.412 e. The van der Waals surface area contributed by atoms with E-state index >= 15 is 0 Å². The van der Waals surface area contributed by atoms with E-state index in [0.717, 1.165) is 0 Å². The molecule has 0 saturated carbocycles. The lowest BCUT2D eigenvalue weighted by molar-refractivity contribution is 0.824. The fourth-order valence-electron chi connectivity index (χ4n) is 0. The first-order chi connectivity index (χ1) is 1.50. The third-order valence-electron chi connectivity index (χ3n) is 0.236. The third-order valence-corrected chi connectivity index (χ3v) is 0.236. The van der Waals surface area contributed by atoms with Crippen molar-refractivity contribution >= 4 is 0 Å². The smallest absolute Gasteiger partial charge is 0.0169 e. The molecule has 1 heteroatoms. The van der Waals surface area contributed by atoms with Crippen molar-refractivity contribution in [2.45, 2.75) is 6.42 Å². The molecule has 0 unspecified atom stereocenters. The predicted molar refractivity (Wildman–Crippen MR) is 17.4 cm³/mol. The summed E-state index contributed by atoms with van der Waals surface area (Å²) in [4.78, 5) is 0. The lowest BCUT2D eigenvalue weighted by atomic mass is 10.9. The second-order valence-electron chi connectivity index (χ2n) is 0.707. The van der Waals surface area contributed by atoms with Gasteiger partial charge in [0.1, 0.15) is 0 Å². The molecule has 0 saturated heterocycles. The van der Waals surface area contributed by atoms with E-state index < -0.39 is 0 Å². The highest BCUT2D eigenvalue weighted by atomic mass is 16.0. The Balaban J connectivity index is 0.0000000900. The number of rotatable bonds is 0. The van der Waals surface area contributed by atoms with Gasteiger partial charge < -0.3 is 5.48 Å². The minimum absolute atomic E-state index is 0. The predicted octanol–water partition coefficient (Wildman–Crippen LogP) is 0.122. The van der Waals surface area contributed by atoms with Crippen molar-refractivity contribution in [2.24, 2.45) is 0 Å². The molecule has 4 heavy (non-hydrogen) atoms. The largest absolute Gasteiger partial charge is 0.412 e. The molecule has 0 spiro atoms. The lowest BCUT2D eigenvalue weighted by Crippen LogP contribution is -0.956. The number of hydrogen-bond donors (Lipinski definition) is 0. The third kappa shape index (κ3) is 1.70. The molecule has 0 heterocycles. The highest BCUT2D eigenvalue weighted by Gasteiger charge is 1.75. The van der Waals surface area contributed by atoms with E-state index in [0.29, 0.717) is 0 Å². The molecule has 1 aliphatic carbocycles. The molecular formula is C3H6O. The fourth-order valence-corrected chi connectivity index (χ4v) is 0. The average Bonchev–Trinajstić information content (AvgIpc) is 1.46. The molecule has 0 aromatic rings. The van der Waals surface area contributed by atoms with Crippen LogP contribution in [0.4, 0.5) is 0 Å². The zero-order chi connectivity index (χ0) is 2.12. The van der Waals surface area contributed by atoms with Gasteiger partial charge >= 0.3 is 0 Å². The van der Waals surface area contributed by atoms with E-state index in [1.807, 2.05) is 0 Å². The topological polar surface area (TPSA) is 31.5 Å². The van der Waals surface area contributed by atoms with Crippen LogP contribution in [-0.4, -0.2) is 5.48 Å². The summed E-state index contributed by atoms with van der Waals surface area (Å²) in [5.41, 5.74) is 0. The van der Waals surface area contributed by atoms with Crippen molar-refractivity contribution in [3.8, 4) is 0 Å². The first-order valence-electron chi connectivity index (χ1n) is 1.15. The zero-order valence-electron chi connectivity index (χ0n) is 2.36. The van der Waals surface area contributed by atoms with Crippen LogP contribution in [0.5, 0.6) is 0 Å². The van der Waals surface area contributed by atoms with Gasteiger partial charge in [0.25, 0.3) is 0 Å². The summed E-state index contributed by atoms with van der Waals surface area (Å²) in [6.07, 6.45) is 5.50. The van der Waals surface area contributed by atoms with Crippen LogP contribution < -0.4 is 0 Å². The van der Waals surface area contributed by atoms with E-state index in [1.165, 1.54) is 6.42 Å². The highest BCUT2D eigenvalue weighted by Crippen LogP contribution is 1.96. The molecule has 1 rings (SSSR count). The maximum Gasteiger partial charge on any atom is -0.0169 e. The SMILES string of the molecule is C1=CC1.O. The fraction of sp³-hybridized carbons (Fsp3) is 0.333. The maximum atomic E-state index is 2.12. The van der Waals surface area contributed by atoms with Crippen molar-refractivity contribution in [1.82, 2.24) is 0 Å². The number of hydrogen-bond acceptors (Lipinski definition) is 0. The first kappa shape index (κ1) is 3.70. The van der Waals surface area contributed by atoms with Gasteiger partial charge in [-0.25, -0.2) is 0 Å². The second kappa shape index (κ2) is 1.07. The van der Waals surface area contributed by atoms with Gasteiger partial charge in [0, 0.05) is 0 Å². The lowest BCUT2D eigenvalue weighted by Gasteiger charge is -1.15. The Kier molecular flexibility index (Phi) is 0.990. The Labute approximate surface area is 25.3 Å². The Bertz CT molecular complexity index is 26.3. The van der Waals surface area contributed by atoms with Gasteiger partial charge in [0.15, 0.2) is 0 Å². The van der Waals surface area contributed by atoms with Crippen LogP contribution in [0.2, 0.25) is 0 Å². The van der Waals surface area contributed by atoms with Crippen LogP contribution in [0, 0.1) is 0 Å². The van der Waals surface area contributed by atoms with Gasteiger partial charge in [-0.05, 0) is 6.42 Å². The first-order valence-corrected chi connectivity index (χ1v) is 1.15. The van der Waals surface area contributed by atoms with Crippen molar-refractivity contribution in [1.29, 1.82) is 0 Å². The molecule has 0 aliphatic heterocycles. The molecule has 1 aliphatic rings. The van der Waals surface area contributed by atoms with Crippen molar-refractivity contribution in [3.05, 3.63) is 12.2 Å². The summed E-state index contributed by atoms with van der Waals surface area (Å²) in [7, 11) is 0. The van der Waals surface area contributed by atoms with Crippen LogP contribution in [0.1, 0.15) is 6.42 Å². The van der Waals surface area contributed by atoms with Crippen molar-refractivity contribution < 1.29 is 5.48 Å². The van der Waals surface area contributed by atoms with Gasteiger partial charge in [-0.15, -0.1) is 0 Å². The molecule has 0 amide bonds. The Morgan fingerprint density at radius 1 is 1.25 bits per heavy atom. The molecule has 1 nitrogen and oxygen atoms in total. The van der Waals surface area contributed by atoms with E-state index in [2.05, 4.69) is 12.2 Å². The summed E-state index contributed by atoms with van der Waals surface area (Å²) < 4.78 is 0. The summed E-state index contributed by atoms with van der Waals surface area (Å²) in [6, 6.07) is 0. The monoisotopic (exact) mass is 58.0 g/mol. The van der Waals surface area contributed by atoms with Crippen molar-refractivity contribution in [2.75, 3.05) is 0 Å². The van der Waals surface area contributed by atoms with Gasteiger partial charge in [-0.3, -0.25) is 0 Å². The molecule has 0 aromatic carbocycles. The van der Waals surface area contributed by atoms with Crippen LogP contribution in [-0.2, 0) is 0 Å². The normalized spacial score (nSPS) is 14.0. The van der Waals surface area contributed by atoms with Crippen LogP contribution in [0.3, 0.4) is 0 Å². The summed E-state index contributed by atoms with van der Waals surface area (Å²) in [5.74, 6) is 0. The molecular weight excluding hydrogens is 52.0 g/mol.